The highest BCUT2D eigenvalue weighted by molar-refractivity contribution is 6.30. The van der Waals surface area contributed by atoms with Gasteiger partial charge in [-0.25, -0.2) is 8.78 Å². The van der Waals surface area contributed by atoms with E-state index < -0.39 is 17.5 Å². The molecule has 2 nitrogen and oxygen atoms in total. The molecule has 1 rings (SSSR count). The molecule has 0 saturated carbocycles. The van der Waals surface area contributed by atoms with E-state index in [1.54, 1.807) is 6.92 Å². The molecule has 0 aliphatic heterocycles. The number of nitrogens with zero attached hydrogens (tertiary/aromatic N) is 1. The van der Waals surface area contributed by atoms with Crippen LogP contribution in [0.3, 0.4) is 0 Å². The molecule has 0 N–H and O–H groups in total. The van der Waals surface area contributed by atoms with Gasteiger partial charge >= 0.3 is 0 Å². The molecule has 17 heavy (non-hydrogen) atoms. The van der Waals surface area contributed by atoms with Crippen LogP contribution in [0.15, 0.2) is 12.1 Å². The minimum absolute atomic E-state index is 0.0407. The Bertz CT molecular complexity index is 482. The Hall–Kier alpha value is -1.60. The molecule has 0 saturated heterocycles. The molecule has 5 heteroatoms. The predicted molar refractivity (Wildman–Crippen MR) is 61.8 cm³/mol. The van der Waals surface area contributed by atoms with Gasteiger partial charge in [0.15, 0.2) is 0 Å². The fourth-order valence-electron chi connectivity index (χ4n) is 1.29. The van der Waals surface area contributed by atoms with Crippen LogP contribution in [-0.2, 0) is 0 Å². The normalized spacial score (nSPS) is 9.82. The van der Waals surface area contributed by atoms with Gasteiger partial charge in [0.2, 0.25) is 0 Å². The second-order valence-electron chi connectivity index (χ2n) is 3.27. The Labute approximate surface area is 103 Å². The maximum atomic E-state index is 13.5. The maximum absolute atomic E-state index is 13.5. The molecule has 0 heterocycles. The van der Waals surface area contributed by atoms with Gasteiger partial charge in [0.1, 0.15) is 11.6 Å². The Balaban J connectivity index is 3.12. The number of terminal acetylenes is 1. The van der Waals surface area contributed by atoms with Crippen LogP contribution in [-0.4, -0.2) is 23.9 Å². The number of carbonyl (C=O) groups is 1. The van der Waals surface area contributed by atoms with E-state index in [1.165, 1.54) is 4.90 Å². The van der Waals surface area contributed by atoms with Crippen molar-refractivity contribution >= 4 is 17.5 Å². The lowest BCUT2D eigenvalue weighted by Gasteiger charge is -2.18. The highest BCUT2D eigenvalue weighted by atomic mass is 35.5. The molecule has 0 unspecified atom stereocenters. The first kappa shape index (κ1) is 13.5. The zero-order valence-corrected chi connectivity index (χ0v) is 9.89. The van der Waals surface area contributed by atoms with Crippen LogP contribution in [0.1, 0.15) is 17.3 Å². The van der Waals surface area contributed by atoms with Gasteiger partial charge < -0.3 is 4.90 Å². The lowest BCUT2D eigenvalue weighted by molar-refractivity contribution is 0.0779. The van der Waals surface area contributed by atoms with Gasteiger partial charge in [0.25, 0.3) is 5.91 Å². The second kappa shape index (κ2) is 5.65. The molecule has 1 aromatic rings. The lowest BCUT2D eigenvalue weighted by atomic mass is 10.1. The molecular weight excluding hydrogens is 248 g/mol. The summed E-state index contributed by atoms with van der Waals surface area (Å²) in [6, 6.07) is 1.55. The molecule has 0 radical (unpaired) electrons. The summed E-state index contributed by atoms with van der Waals surface area (Å²) in [5.41, 5.74) is -0.371. The van der Waals surface area contributed by atoms with Gasteiger partial charge in [-0.2, -0.15) is 0 Å². The number of amides is 1. The minimum atomic E-state index is -0.864. The van der Waals surface area contributed by atoms with Crippen molar-refractivity contribution in [1.82, 2.24) is 4.90 Å². The summed E-state index contributed by atoms with van der Waals surface area (Å²) in [5, 5.41) is -0.362. The van der Waals surface area contributed by atoms with Gasteiger partial charge in [0.05, 0.1) is 17.1 Å². The summed E-state index contributed by atoms with van der Waals surface area (Å²) in [6.45, 7) is 2.05. The van der Waals surface area contributed by atoms with Crippen molar-refractivity contribution in [3.05, 3.63) is 34.4 Å². The predicted octanol–water partition coefficient (Wildman–Crippen LogP) is 2.71. The molecule has 0 aliphatic rings. The maximum Gasteiger partial charge on any atom is 0.257 e. The monoisotopic (exact) mass is 257 g/mol. The number of benzene rings is 1. The fraction of sp³-hybridized carbons (Fsp3) is 0.250. The molecule has 0 spiro atoms. The summed E-state index contributed by atoms with van der Waals surface area (Å²) in [5.74, 6) is -0.0801. The van der Waals surface area contributed by atoms with E-state index in [9.17, 15) is 13.6 Å². The van der Waals surface area contributed by atoms with Crippen molar-refractivity contribution in [1.29, 1.82) is 0 Å². The number of hydrogen-bond acceptors (Lipinski definition) is 1. The van der Waals surface area contributed by atoms with Crippen molar-refractivity contribution in [3.63, 3.8) is 0 Å². The minimum Gasteiger partial charge on any atom is -0.328 e. The van der Waals surface area contributed by atoms with Crippen LogP contribution in [0.4, 0.5) is 8.78 Å². The summed E-state index contributed by atoms with van der Waals surface area (Å²) in [4.78, 5) is 13.1. The standard InChI is InChI=1S/C12H10ClF2NO/c1-3-5-16(4-2)12(17)8-6-11(15)9(13)7-10(8)14/h1,6-7H,4-5H2,2H3. The number of carbonyl (C=O) groups excluding carboxylic acids is 1. The van der Waals surface area contributed by atoms with Gasteiger partial charge in [-0.05, 0) is 19.1 Å². The van der Waals surface area contributed by atoms with Crippen LogP contribution in [0.2, 0.25) is 5.02 Å². The molecule has 0 aromatic heterocycles. The number of hydrogen-bond donors (Lipinski definition) is 0. The number of rotatable bonds is 3. The van der Waals surface area contributed by atoms with Crippen LogP contribution >= 0.6 is 11.6 Å². The average Bonchev–Trinajstić information content (AvgIpc) is 2.30. The van der Waals surface area contributed by atoms with E-state index in [-0.39, 0.29) is 17.1 Å². The summed E-state index contributed by atoms with van der Waals surface area (Å²) in [7, 11) is 0. The molecule has 0 aliphatic carbocycles. The fourth-order valence-corrected chi connectivity index (χ4v) is 1.44. The van der Waals surface area contributed by atoms with Crippen molar-refractivity contribution in [2.45, 2.75) is 6.92 Å². The third kappa shape index (κ3) is 2.95. The second-order valence-corrected chi connectivity index (χ2v) is 3.68. The lowest BCUT2D eigenvalue weighted by Crippen LogP contribution is -2.31. The molecule has 0 fully saturated rings. The van der Waals surface area contributed by atoms with Crippen molar-refractivity contribution in [3.8, 4) is 12.3 Å². The van der Waals surface area contributed by atoms with E-state index in [0.29, 0.717) is 6.54 Å². The molecule has 90 valence electrons. The first-order chi connectivity index (χ1) is 8.01. The molecular formula is C12H10ClF2NO. The van der Waals surface area contributed by atoms with Crippen molar-refractivity contribution in [2.75, 3.05) is 13.1 Å². The Morgan fingerprint density at radius 3 is 2.65 bits per heavy atom. The summed E-state index contributed by atoms with van der Waals surface area (Å²) in [6.07, 6.45) is 5.08. The smallest absolute Gasteiger partial charge is 0.257 e. The first-order valence-corrected chi connectivity index (χ1v) is 5.26. The van der Waals surface area contributed by atoms with Crippen LogP contribution in [0.5, 0.6) is 0 Å². The van der Waals surface area contributed by atoms with E-state index in [0.717, 1.165) is 12.1 Å². The Kier molecular flexibility index (Phi) is 4.47. The molecule has 0 bridgehead atoms. The summed E-state index contributed by atoms with van der Waals surface area (Å²) >= 11 is 5.39. The van der Waals surface area contributed by atoms with E-state index in [2.05, 4.69) is 5.92 Å². The molecule has 1 aromatic carbocycles. The highest BCUT2D eigenvalue weighted by Gasteiger charge is 2.19. The van der Waals surface area contributed by atoms with E-state index in [4.69, 9.17) is 18.0 Å². The highest BCUT2D eigenvalue weighted by Crippen LogP contribution is 2.20. The van der Waals surface area contributed by atoms with E-state index >= 15 is 0 Å². The molecule has 0 atom stereocenters. The van der Waals surface area contributed by atoms with Gasteiger partial charge in [0, 0.05) is 6.54 Å². The SMILES string of the molecule is C#CCN(CC)C(=O)c1cc(F)c(Cl)cc1F. The quantitative estimate of drug-likeness (QED) is 0.602. The van der Waals surface area contributed by atoms with Gasteiger partial charge in [-0.15, -0.1) is 6.42 Å². The average molecular weight is 258 g/mol. The molecule has 1 amide bonds. The largest absolute Gasteiger partial charge is 0.328 e. The zero-order valence-electron chi connectivity index (χ0n) is 9.14. The van der Waals surface area contributed by atoms with Crippen molar-refractivity contribution in [2.24, 2.45) is 0 Å². The zero-order chi connectivity index (χ0) is 13.0. The Morgan fingerprint density at radius 2 is 2.12 bits per heavy atom. The first-order valence-electron chi connectivity index (χ1n) is 4.88. The third-order valence-corrected chi connectivity index (χ3v) is 2.48. The summed E-state index contributed by atoms with van der Waals surface area (Å²) < 4.78 is 26.6. The van der Waals surface area contributed by atoms with E-state index in [1.807, 2.05) is 0 Å². The van der Waals surface area contributed by atoms with Crippen molar-refractivity contribution < 1.29 is 13.6 Å². The van der Waals surface area contributed by atoms with Gasteiger partial charge in [-0.1, -0.05) is 17.5 Å². The number of halogens is 3. The third-order valence-electron chi connectivity index (χ3n) is 2.19. The van der Waals surface area contributed by atoms with Crippen LogP contribution in [0, 0.1) is 24.0 Å². The van der Waals surface area contributed by atoms with Gasteiger partial charge in [-0.3, -0.25) is 4.79 Å². The topological polar surface area (TPSA) is 20.3 Å². The van der Waals surface area contributed by atoms with Crippen LogP contribution < -0.4 is 0 Å². The van der Waals surface area contributed by atoms with Crippen LogP contribution in [0.25, 0.3) is 0 Å². The Morgan fingerprint density at radius 1 is 1.47 bits per heavy atom.